The Morgan fingerprint density at radius 3 is 2.81 bits per heavy atom. The summed E-state index contributed by atoms with van der Waals surface area (Å²) in [5.41, 5.74) is 1.07. The first-order chi connectivity index (χ1) is 13.1. The normalized spacial score (nSPS) is 25.7. The first-order valence-electron chi connectivity index (χ1n) is 10.1. The van der Waals surface area contributed by atoms with E-state index in [1.165, 1.54) is 6.42 Å². The molecule has 2 aliphatic rings. The summed E-state index contributed by atoms with van der Waals surface area (Å²) in [6.07, 6.45) is 9.95. The van der Waals surface area contributed by atoms with Crippen LogP contribution >= 0.6 is 11.6 Å². The minimum atomic E-state index is 0.174. The molecular weight excluding hydrogens is 360 g/mol. The predicted molar refractivity (Wildman–Crippen MR) is 108 cm³/mol. The summed E-state index contributed by atoms with van der Waals surface area (Å²) in [5, 5.41) is 9.77. The van der Waals surface area contributed by atoms with Crippen LogP contribution in [0.15, 0.2) is 12.3 Å². The van der Waals surface area contributed by atoms with E-state index in [2.05, 4.69) is 16.0 Å². The van der Waals surface area contributed by atoms with E-state index in [4.69, 9.17) is 16.9 Å². The summed E-state index contributed by atoms with van der Waals surface area (Å²) in [5.74, 6) is 1.61. The number of hydrogen-bond donors (Lipinski definition) is 0. The third kappa shape index (κ3) is 5.13. The van der Waals surface area contributed by atoms with Gasteiger partial charge in [0.2, 0.25) is 6.41 Å². The Labute approximate surface area is 167 Å². The maximum atomic E-state index is 11.6. The fourth-order valence-corrected chi connectivity index (χ4v) is 4.78. The zero-order valence-corrected chi connectivity index (χ0v) is 16.9. The fourth-order valence-electron chi connectivity index (χ4n) is 4.44. The third-order valence-corrected chi connectivity index (χ3v) is 6.33. The monoisotopic (exact) mass is 388 g/mol. The average Bonchev–Trinajstić information content (AvgIpc) is 2.69. The summed E-state index contributed by atoms with van der Waals surface area (Å²) in [6.45, 7) is 4.74. The molecule has 146 valence electrons. The standard InChI is InChI=1S/C21H29ClN4O/c1-16-11-20(22)21(24-13-16)25-9-2-3-18(14-25)8-10-26(15-27)19-6-4-17(12-23)5-7-19/h11,13,15,17-19H,2-10,14H2,1H3. The number of rotatable bonds is 6. The molecule has 6 heteroatoms. The van der Waals surface area contributed by atoms with Gasteiger partial charge >= 0.3 is 0 Å². The number of hydrogen-bond acceptors (Lipinski definition) is 4. The lowest BCUT2D eigenvalue weighted by molar-refractivity contribution is -0.121. The van der Waals surface area contributed by atoms with E-state index in [0.29, 0.717) is 12.0 Å². The van der Waals surface area contributed by atoms with Gasteiger partial charge in [0.1, 0.15) is 5.82 Å². The second-order valence-corrected chi connectivity index (χ2v) is 8.45. The number of aryl methyl sites for hydroxylation is 1. The summed E-state index contributed by atoms with van der Waals surface area (Å²) in [6, 6.07) is 4.64. The molecule has 1 atom stereocenters. The lowest BCUT2D eigenvalue weighted by atomic mass is 9.86. The van der Waals surface area contributed by atoms with Crippen LogP contribution in [0.25, 0.3) is 0 Å². The number of pyridine rings is 1. The summed E-state index contributed by atoms with van der Waals surface area (Å²) < 4.78 is 0. The van der Waals surface area contributed by atoms with Gasteiger partial charge in [-0.1, -0.05) is 11.6 Å². The van der Waals surface area contributed by atoms with Crippen molar-refractivity contribution in [2.75, 3.05) is 24.5 Å². The quantitative estimate of drug-likeness (QED) is 0.685. The molecule has 1 aromatic rings. The van der Waals surface area contributed by atoms with E-state index in [1.54, 1.807) is 0 Å². The highest BCUT2D eigenvalue weighted by molar-refractivity contribution is 6.33. The van der Waals surface area contributed by atoms with E-state index in [-0.39, 0.29) is 5.92 Å². The van der Waals surface area contributed by atoms with Gasteiger partial charge in [0.15, 0.2) is 0 Å². The van der Waals surface area contributed by atoms with Gasteiger partial charge < -0.3 is 9.80 Å². The van der Waals surface area contributed by atoms with Crippen molar-refractivity contribution in [1.82, 2.24) is 9.88 Å². The number of nitriles is 1. The van der Waals surface area contributed by atoms with Crippen LogP contribution in [-0.4, -0.2) is 42.0 Å². The molecule has 0 radical (unpaired) electrons. The number of halogens is 1. The van der Waals surface area contributed by atoms with Crippen LogP contribution in [0.2, 0.25) is 5.02 Å². The lowest BCUT2D eigenvalue weighted by Gasteiger charge is -2.37. The van der Waals surface area contributed by atoms with Gasteiger partial charge in [-0.3, -0.25) is 4.79 Å². The molecule has 1 aliphatic carbocycles. The SMILES string of the molecule is Cc1cnc(N2CCCC(CCN(C=O)C3CCC(C#N)CC3)C2)c(Cl)c1. The fraction of sp³-hybridized carbons (Fsp3) is 0.667. The Bertz CT molecular complexity index is 681. The van der Waals surface area contributed by atoms with Crippen LogP contribution in [0.3, 0.4) is 0 Å². The lowest BCUT2D eigenvalue weighted by Crippen LogP contribution is -2.41. The largest absolute Gasteiger partial charge is 0.355 e. The molecule has 3 rings (SSSR count). The van der Waals surface area contributed by atoms with Crippen LogP contribution in [-0.2, 0) is 4.79 Å². The molecule has 1 saturated carbocycles. The van der Waals surface area contributed by atoms with E-state index < -0.39 is 0 Å². The molecule has 27 heavy (non-hydrogen) atoms. The molecule has 0 spiro atoms. The summed E-state index contributed by atoms with van der Waals surface area (Å²) >= 11 is 6.40. The van der Waals surface area contributed by atoms with Gasteiger partial charge in [0, 0.05) is 37.8 Å². The molecule has 0 aromatic carbocycles. The first kappa shape index (κ1) is 19.9. The number of nitrogens with zero attached hydrogens (tertiary/aromatic N) is 4. The topological polar surface area (TPSA) is 60.2 Å². The molecule has 2 heterocycles. The molecule has 5 nitrogen and oxygen atoms in total. The van der Waals surface area contributed by atoms with E-state index in [1.807, 2.05) is 24.1 Å². The van der Waals surface area contributed by atoms with Crippen LogP contribution < -0.4 is 4.90 Å². The first-order valence-corrected chi connectivity index (χ1v) is 10.5. The van der Waals surface area contributed by atoms with Crippen molar-refractivity contribution < 1.29 is 4.79 Å². The second kappa shape index (κ2) is 9.41. The second-order valence-electron chi connectivity index (χ2n) is 8.04. The molecule has 1 unspecified atom stereocenters. The van der Waals surface area contributed by atoms with Crippen LogP contribution in [0.4, 0.5) is 5.82 Å². The van der Waals surface area contributed by atoms with Gasteiger partial charge in [0.05, 0.1) is 11.1 Å². The molecule has 1 amide bonds. The zero-order chi connectivity index (χ0) is 19.2. The van der Waals surface area contributed by atoms with Gasteiger partial charge in [-0.15, -0.1) is 0 Å². The number of piperidine rings is 1. The molecule has 1 aromatic heterocycles. The van der Waals surface area contributed by atoms with Crippen molar-refractivity contribution >= 4 is 23.8 Å². The summed E-state index contributed by atoms with van der Waals surface area (Å²) in [7, 11) is 0. The minimum Gasteiger partial charge on any atom is -0.355 e. The van der Waals surface area contributed by atoms with Gasteiger partial charge in [0.25, 0.3) is 0 Å². The molecule has 0 bridgehead atoms. The predicted octanol–water partition coefficient (Wildman–Crippen LogP) is 4.19. The number of aromatic nitrogens is 1. The van der Waals surface area contributed by atoms with Crippen molar-refractivity contribution in [1.29, 1.82) is 5.26 Å². The number of carbonyl (C=O) groups is 1. The van der Waals surface area contributed by atoms with Crippen molar-refractivity contribution in [3.63, 3.8) is 0 Å². The third-order valence-electron chi connectivity index (χ3n) is 6.06. The molecule has 2 fully saturated rings. The Morgan fingerprint density at radius 2 is 2.15 bits per heavy atom. The Hall–Kier alpha value is -1.80. The zero-order valence-electron chi connectivity index (χ0n) is 16.1. The smallest absolute Gasteiger partial charge is 0.209 e. The van der Waals surface area contributed by atoms with E-state index in [9.17, 15) is 4.79 Å². The number of amides is 1. The maximum Gasteiger partial charge on any atom is 0.209 e. The number of anilines is 1. The van der Waals surface area contributed by atoms with E-state index >= 15 is 0 Å². The maximum absolute atomic E-state index is 11.6. The highest BCUT2D eigenvalue weighted by atomic mass is 35.5. The average molecular weight is 389 g/mol. The van der Waals surface area contributed by atoms with Crippen LogP contribution in [0.1, 0.15) is 50.5 Å². The van der Waals surface area contributed by atoms with Crippen molar-refractivity contribution in [2.24, 2.45) is 11.8 Å². The van der Waals surface area contributed by atoms with Crippen molar-refractivity contribution in [3.05, 3.63) is 22.8 Å². The van der Waals surface area contributed by atoms with Crippen molar-refractivity contribution in [2.45, 2.75) is 57.9 Å². The molecule has 1 aliphatic heterocycles. The number of carbonyl (C=O) groups excluding carboxylic acids is 1. The molecule has 0 N–H and O–H groups in total. The Kier molecular flexibility index (Phi) is 6.95. The minimum absolute atomic E-state index is 0.174. The molecule has 1 saturated heterocycles. The van der Waals surface area contributed by atoms with Crippen LogP contribution in [0.5, 0.6) is 0 Å². The highest BCUT2D eigenvalue weighted by Gasteiger charge is 2.27. The Balaban J connectivity index is 1.53. The van der Waals surface area contributed by atoms with Crippen LogP contribution in [0, 0.1) is 30.1 Å². The van der Waals surface area contributed by atoms with Crippen molar-refractivity contribution in [3.8, 4) is 6.07 Å². The summed E-state index contributed by atoms with van der Waals surface area (Å²) in [4.78, 5) is 20.4. The van der Waals surface area contributed by atoms with Gasteiger partial charge in [-0.05, 0) is 69.4 Å². The van der Waals surface area contributed by atoms with E-state index in [0.717, 1.165) is 81.0 Å². The van der Waals surface area contributed by atoms with Gasteiger partial charge in [-0.25, -0.2) is 4.98 Å². The highest BCUT2D eigenvalue weighted by Crippen LogP contribution is 2.30. The molecular formula is C21H29ClN4O. The Morgan fingerprint density at radius 1 is 1.37 bits per heavy atom. The van der Waals surface area contributed by atoms with Gasteiger partial charge in [-0.2, -0.15) is 5.26 Å².